The minimum Gasteiger partial charge on any atom is -0.328 e. The number of nitrogens with two attached hydrogens (primary N) is 1. The molecular formula is C18H21FN2. The van der Waals surface area contributed by atoms with Crippen LogP contribution in [0.25, 0.3) is 10.9 Å². The van der Waals surface area contributed by atoms with Crippen molar-refractivity contribution in [3.63, 3.8) is 0 Å². The molecule has 2 aliphatic rings. The van der Waals surface area contributed by atoms with Crippen molar-refractivity contribution < 1.29 is 4.39 Å². The molecule has 2 fully saturated rings. The predicted molar refractivity (Wildman–Crippen MR) is 82.6 cm³/mol. The first-order chi connectivity index (χ1) is 10.2. The molecule has 2 nitrogen and oxygen atoms in total. The highest BCUT2D eigenvalue weighted by Gasteiger charge is 2.44. The summed E-state index contributed by atoms with van der Waals surface area (Å²) in [6.07, 6.45) is 9.19. The van der Waals surface area contributed by atoms with Gasteiger partial charge in [-0.15, -0.1) is 0 Å². The number of fused-ring (bicyclic) bond motifs is 1. The normalized spacial score (nSPS) is 32.3. The second-order valence-corrected chi connectivity index (χ2v) is 7.00. The molecule has 2 aromatic rings. The molecule has 1 aromatic heterocycles. The lowest BCUT2D eigenvalue weighted by Gasteiger charge is -2.50. The van der Waals surface area contributed by atoms with Crippen LogP contribution in [-0.4, -0.2) is 11.0 Å². The monoisotopic (exact) mass is 284 g/mol. The number of halogens is 1. The summed E-state index contributed by atoms with van der Waals surface area (Å²) in [4.78, 5) is 4.36. The third kappa shape index (κ3) is 2.24. The van der Waals surface area contributed by atoms with Crippen molar-refractivity contribution >= 4 is 10.9 Å². The average molecular weight is 284 g/mol. The zero-order valence-corrected chi connectivity index (χ0v) is 12.2. The van der Waals surface area contributed by atoms with Gasteiger partial charge in [0.15, 0.2) is 0 Å². The van der Waals surface area contributed by atoms with Crippen LogP contribution < -0.4 is 5.73 Å². The third-order valence-corrected chi connectivity index (χ3v) is 5.61. The smallest absolute Gasteiger partial charge is 0.123 e. The van der Waals surface area contributed by atoms with Crippen LogP contribution in [0.1, 0.15) is 50.0 Å². The van der Waals surface area contributed by atoms with Gasteiger partial charge >= 0.3 is 0 Å². The van der Waals surface area contributed by atoms with Gasteiger partial charge in [0.25, 0.3) is 0 Å². The third-order valence-electron chi connectivity index (χ3n) is 5.61. The Hall–Kier alpha value is -1.48. The molecule has 0 amide bonds. The largest absolute Gasteiger partial charge is 0.328 e. The number of rotatable bonds is 1. The fraction of sp³-hybridized carbons (Fsp3) is 0.500. The van der Waals surface area contributed by atoms with E-state index in [1.807, 2.05) is 6.20 Å². The van der Waals surface area contributed by atoms with Crippen molar-refractivity contribution in [1.29, 1.82) is 0 Å². The number of nitrogens with zero attached hydrogens (tertiary/aromatic N) is 1. The summed E-state index contributed by atoms with van der Waals surface area (Å²) in [6.45, 7) is 0. The van der Waals surface area contributed by atoms with E-state index in [1.54, 1.807) is 12.1 Å². The molecule has 2 N–H and O–H groups in total. The lowest BCUT2D eigenvalue weighted by molar-refractivity contribution is 0.0485. The number of pyridine rings is 1. The molecule has 1 heterocycles. The van der Waals surface area contributed by atoms with Crippen molar-refractivity contribution in [3.05, 3.63) is 41.8 Å². The topological polar surface area (TPSA) is 38.9 Å². The van der Waals surface area contributed by atoms with Gasteiger partial charge in [-0.3, -0.25) is 4.98 Å². The van der Waals surface area contributed by atoms with E-state index in [1.165, 1.54) is 50.2 Å². The van der Waals surface area contributed by atoms with Gasteiger partial charge in [-0.1, -0.05) is 0 Å². The summed E-state index contributed by atoms with van der Waals surface area (Å²) in [5, 5.41) is 0.990. The van der Waals surface area contributed by atoms with E-state index in [9.17, 15) is 4.39 Å². The van der Waals surface area contributed by atoms with Gasteiger partial charge in [-0.2, -0.15) is 0 Å². The Morgan fingerprint density at radius 3 is 2.62 bits per heavy atom. The first-order valence-electron chi connectivity index (χ1n) is 7.95. The van der Waals surface area contributed by atoms with E-state index in [4.69, 9.17) is 5.73 Å². The molecule has 0 atom stereocenters. The Kier molecular flexibility index (Phi) is 3.00. The van der Waals surface area contributed by atoms with Gasteiger partial charge in [0.2, 0.25) is 0 Å². The molecule has 4 rings (SSSR count). The van der Waals surface area contributed by atoms with Crippen LogP contribution in [0, 0.1) is 11.2 Å². The Labute approximate surface area is 124 Å². The minimum absolute atomic E-state index is 0.172. The lowest BCUT2D eigenvalue weighted by atomic mass is 9.56. The zero-order chi connectivity index (χ0) is 14.4. The maximum atomic E-state index is 13.6. The van der Waals surface area contributed by atoms with Gasteiger partial charge in [0.05, 0.1) is 5.52 Å². The Bertz CT molecular complexity index is 666. The molecule has 1 aromatic carbocycles. The molecule has 0 bridgehead atoms. The molecule has 0 saturated heterocycles. The van der Waals surface area contributed by atoms with Crippen LogP contribution in [0.3, 0.4) is 0 Å². The summed E-state index contributed by atoms with van der Waals surface area (Å²) in [6, 6.07) is 7.42. The Balaban J connectivity index is 1.61. The highest BCUT2D eigenvalue weighted by molar-refractivity contribution is 5.82. The summed E-state index contributed by atoms with van der Waals surface area (Å²) in [5.41, 5.74) is 8.68. The van der Waals surface area contributed by atoms with E-state index in [0.29, 0.717) is 17.4 Å². The van der Waals surface area contributed by atoms with Crippen molar-refractivity contribution in [2.75, 3.05) is 0 Å². The summed E-state index contributed by atoms with van der Waals surface area (Å²) >= 11 is 0. The van der Waals surface area contributed by atoms with Crippen LogP contribution >= 0.6 is 0 Å². The van der Waals surface area contributed by atoms with Crippen LogP contribution in [0.15, 0.2) is 30.5 Å². The van der Waals surface area contributed by atoms with Crippen molar-refractivity contribution in [3.8, 4) is 0 Å². The summed E-state index contributed by atoms with van der Waals surface area (Å²) in [5.74, 6) is 0.369. The van der Waals surface area contributed by atoms with Crippen LogP contribution in [0.2, 0.25) is 0 Å². The lowest BCUT2D eigenvalue weighted by Crippen LogP contribution is -2.47. The van der Waals surface area contributed by atoms with Gasteiger partial charge in [0.1, 0.15) is 5.82 Å². The van der Waals surface area contributed by atoms with E-state index < -0.39 is 0 Å². The van der Waals surface area contributed by atoms with E-state index in [0.717, 1.165) is 10.9 Å². The fourth-order valence-electron chi connectivity index (χ4n) is 4.50. The van der Waals surface area contributed by atoms with E-state index in [-0.39, 0.29) is 5.82 Å². The van der Waals surface area contributed by atoms with Gasteiger partial charge in [0, 0.05) is 17.6 Å². The molecule has 110 valence electrons. The predicted octanol–water partition coefficient (Wildman–Crippen LogP) is 4.14. The standard InChI is InChI=1S/C18H21FN2/c19-13-1-2-17-16(9-13)15(5-8-21-17)12-3-6-18(7-4-12)10-14(20)11-18/h1-2,5,8-9,12,14H,3-4,6-7,10-11,20H2. The van der Waals surface area contributed by atoms with Crippen LogP contribution in [-0.2, 0) is 0 Å². The Morgan fingerprint density at radius 2 is 1.90 bits per heavy atom. The highest BCUT2D eigenvalue weighted by atomic mass is 19.1. The minimum atomic E-state index is -0.172. The van der Waals surface area contributed by atoms with Crippen LogP contribution in [0.5, 0.6) is 0 Å². The van der Waals surface area contributed by atoms with Gasteiger partial charge in [-0.25, -0.2) is 4.39 Å². The van der Waals surface area contributed by atoms with E-state index in [2.05, 4.69) is 11.1 Å². The van der Waals surface area contributed by atoms with Gasteiger partial charge < -0.3 is 5.73 Å². The molecule has 0 radical (unpaired) electrons. The molecule has 3 heteroatoms. The van der Waals surface area contributed by atoms with Gasteiger partial charge in [-0.05, 0) is 79.7 Å². The highest BCUT2D eigenvalue weighted by Crippen LogP contribution is 2.54. The van der Waals surface area contributed by atoms with Crippen LogP contribution in [0.4, 0.5) is 4.39 Å². The molecule has 2 aliphatic carbocycles. The fourth-order valence-corrected chi connectivity index (χ4v) is 4.50. The maximum absolute atomic E-state index is 13.6. The first kappa shape index (κ1) is 13.2. The number of hydrogen-bond donors (Lipinski definition) is 1. The molecule has 0 unspecified atom stereocenters. The number of aromatic nitrogens is 1. The molecular weight excluding hydrogens is 263 g/mol. The van der Waals surface area contributed by atoms with E-state index >= 15 is 0 Å². The summed E-state index contributed by atoms with van der Waals surface area (Å²) < 4.78 is 13.6. The quantitative estimate of drug-likeness (QED) is 0.854. The Morgan fingerprint density at radius 1 is 1.14 bits per heavy atom. The number of benzene rings is 1. The maximum Gasteiger partial charge on any atom is 0.123 e. The molecule has 21 heavy (non-hydrogen) atoms. The van der Waals surface area contributed by atoms with Crippen molar-refractivity contribution in [1.82, 2.24) is 4.98 Å². The molecule has 1 spiro atoms. The summed E-state index contributed by atoms with van der Waals surface area (Å²) in [7, 11) is 0. The number of hydrogen-bond acceptors (Lipinski definition) is 2. The second-order valence-electron chi connectivity index (χ2n) is 7.00. The first-order valence-corrected chi connectivity index (χ1v) is 7.95. The molecule has 0 aliphatic heterocycles. The second kappa shape index (κ2) is 4.77. The average Bonchev–Trinajstić information content (AvgIpc) is 2.46. The van der Waals surface area contributed by atoms with Crippen molar-refractivity contribution in [2.45, 2.75) is 50.5 Å². The van der Waals surface area contributed by atoms with Crippen molar-refractivity contribution in [2.24, 2.45) is 11.1 Å². The zero-order valence-electron chi connectivity index (χ0n) is 12.2. The molecule has 2 saturated carbocycles. The SMILES string of the molecule is NC1CC2(CCC(c3ccnc4ccc(F)cc34)CC2)C1.